The minimum atomic E-state index is -0.460. The zero-order valence-electron chi connectivity index (χ0n) is 11.3. The van der Waals surface area contributed by atoms with Crippen LogP contribution in [0.5, 0.6) is 0 Å². The lowest BCUT2D eigenvalue weighted by Gasteiger charge is -2.15. The average molecular weight is 262 g/mol. The van der Waals surface area contributed by atoms with Crippen LogP contribution in [0.4, 0.5) is 5.69 Å². The van der Waals surface area contributed by atoms with Gasteiger partial charge in [-0.05, 0) is 24.5 Å². The minimum absolute atomic E-state index is 0.0121. The molecule has 0 saturated heterocycles. The minimum Gasteiger partial charge on any atom is -0.350 e. The van der Waals surface area contributed by atoms with E-state index in [0.717, 1.165) is 0 Å². The van der Waals surface area contributed by atoms with Gasteiger partial charge in [-0.25, -0.2) is 0 Å². The Morgan fingerprint density at radius 3 is 2.63 bits per heavy atom. The standard InChI is InChI=1S/C14H18N2O3/c1-10(2)11(3)15-14(17)8-7-12-5-4-6-13(9-12)16(18)19/h4-11H,1-3H3,(H,15,17)/b8-7+. The number of non-ortho nitro benzene ring substituents is 1. The summed E-state index contributed by atoms with van der Waals surface area (Å²) in [4.78, 5) is 21.8. The molecule has 1 unspecified atom stereocenters. The summed E-state index contributed by atoms with van der Waals surface area (Å²) >= 11 is 0. The van der Waals surface area contributed by atoms with Crippen LogP contribution in [0.15, 0.2) is 30.3 Å². The molecule has 0 radical (unpaired) electrons. The molecule has 1 atom stereocenters. The SMILES string of the molecule is CC(C)C(C)NC(=O)/C=C/c1cccc([N+](=O)[O-])c1. The monoisotopic (exact) mass is 262 g/mol. The van der Waals surface area contributed by atoms with E-state index in [1.54, 1.807) is 18.2 Å². The number of nitrogens with zero attached hydrogens (tertiary/aromatic N) is 1. The third kappa shape index (κ3) is 4.91. The highest BCUT2D eigenvalue weighted by molar-refractivity contribution is 5.91. The van der Waals surface area contributed by atoms with Crippen LogP contribution in [0.3, 0.4) is 0 Å². The van der Waals surface area contributed by atoms with E-state index < -0.39 is 4.92 Å². The fourth-order valence-corrected chi connectivity index (χ4v) is 1.35. The van der Waals surface area contributed by atoms with Crippen molar-refractivity contribution < 1.29 is 9.72 Å². The third-order valence-electron chi connectivity index (χ3n) is 2.88. The second-order valence-electron chi connectivity index (χ2n) is 4.73. The van der Waals surface area contributed by atoms with Gasteiger partial charge in [-0.3, -0.25) is 14.9 Å². The van der Waals surface area contributed by atoms with Crippen molar-refractivity contribution in [2.75, 3.05) is 0 Å². The van der Waals surface area contributed by atoms with Crippen LogP contribution in [0, 0.1) is 16.0 Å². The summed E-state index contributed by atoms with van der Waals surface area (Å²) in [7, 11) is 0. The number of nitro groups is 1. The van der Waals surface area contributed by atoms with Crippen molar-refractivity contribution in [3.8, 4) is 0 Å². The molecule has 0 saturated carbocycles. The maximum atomic E-state index is 11.6. The van der Waals surface area contributed by atoms with Gasteiger partial charge in [0.15, 0.2) is 0 Å². The summed E-state index contributed by atoms with van der Waals surface area (Å²) in [5.41, 5.74) is 0.639. The van der Waals surface area contributed by atoms with E-state index in [9.17, 15) is 14.9 Å². The molecule has 0 heterocycles. The van der Waals surface area contributed by atoms with Crippen LogP contribution in [0.25, 0.3) is 6.08 Å². The average Bonchev–Trinajstić information content (AvgIpc) is 2.36. The molecule has 5 nitrogen and oxygen atoms in total. The van der Waals surface area contributed by atoms with Gasteiger partial charge >= 0.3 is 0 Å². The molecule has 1 rings (SSSR count). The Bertz CT molecular complexity index is 495. The Labute approximate surface area is 112 Å². The summed E-state index contributed by atoms with van der Waals surface area (Å²) < 4.78 is 0. The summed E-state index contributed by atoms with van der Waals surface area (Å²) in [6.07, 6.45) is 2.95. The van der Waals surface area contributed by atoms with Crippen LogP contribution in [0.1, 0.15) is 26.3 Å². The first-order valence-electron chi connectivity index (χ1n) is 6.13. The highest BCUT2D eigenvalue weighted by Crippen LogP contribution is 2.14. The number of hydrogen-bond acceptors (Lipinski definition) is 3. The van der Waals surface area contributed by atoms with Crippen LogP contribution in [0.2, 0.25) is 0 Å². The van der Waals surface area contributed by atoms with Crippen molar-refractivity contribution in [3.05, 3.63) is 46.0 Å². The van der Waals surface area contributed by atoms with Crippen LogP contribution in [-0.2, 0) is 4.79 Å². The second kappa shape index (κ2) is 6.68. The molecule has 1 aromatic carbocycles. The number of nitro benzene ring substituents is 1. The van der Waals surface area contributed by atoms with Gasteiger partial charge in [-0.2, -0.15) is 0 Å². The number of carbonyl (C=O) groups excluding carboxylic acids is 1. The number of benzene rings is 1. The number of carbonyl (C=O) groups is 1. The lowest BCUT2D eigenvalue weighted by Crippen LogP contribution is -2.34. The molecule has 0 aliphatic carbocycles. The number of nitrogens with one attached hydrogen (secondary N) is 1. The molecule has 0 aromatic heterocycles. The summed E-state index contributed by atoms with van der Waals surface area (Å²) in [5, 5.41) is 13.4. The van der Waals surface area contributed by atoms with Gasteiger partial charge in [0.25, 0.3) is 5.69 Å². The molecule has 0 fully saturated rings. The molecule has 102 valence electrons. The van der Waals surface area contributed by atoms with E-state index in [1.165, 1.54) is 18.2 Å². The zero-order chi connectivity index (χ0) is 14.4. The molecule has 5 heteroatoms. The van der Waals surface area contributed by atoms with Crippen molar-refractivity contribution in [1.82, 2.24) is 5.32 Å². The number of rotatable bonds is 5. The smallest absolute Gasteiger partial charge is 0.270 e. The largest absolute Gasteiger partial charge is 0.350 e. The van der Waals surface area contributed by atoms with Crippen LogP contribution >= 0.6 is 0 Å². The van der Waals surface area contributed by atoms with Gasteiger partial charge in [0, 0.05) is 24.3 Å². The van der Waals surface area contributed by atoms with Crippen molar-refractivity contribution in [2.24, 2.45) is 5.92 Å². The maximum Gasteiger partial charge on any atom is 0.270 e. The van der Waals surface area contributed by atoms with Crippen molar-refractivity contribution in [1.29, 1.82) is 0 Å². The van der Waals surface area contributed by atoms with Gasteiger partial charge in [0.2, 0.25) is 5.91 Å². The highest BCUT2D eigenvalue weighted by atomic mass is 16.6. The summed E-state index contributed by atoms with van der Waals surface area (Å²) in [5.74, 6) is 0.155. The Morgan fingerprint density at radius 1 is 1.37 bits per heavy atom. The van der Waals surface area contributed by atoms with Crippen molar-refractivity contribution in [2.45, 2.75) is 26.8 Å². The fourth-order valence-electron chi connectivity index (χ4n) is 1.35. The van der Waals surface area contributed by atoms with Crippen LogP contribution in [-0.4, -0.2) is 16.9 Å². The Morgan fingerprint density at radius 2 is 2.05 bits per heavy atom. The lowest BCUT2D eigenvalue weighted by molar-refractivity contribution is -0.384. The molecule has 0 aliphatic rings. The maximum absolute atomic E-state index is 11.6. The van der Waals surface area contributed by atoms with E-state index in [2.05, 4.69) is 5.32 Å². The van der Waals surface area contributed by atoms with E-state index in [4.69, 9.17) is 0 Å². The molecule has 1 amide bonds. The molecular weight excluding hydrogens is 244 g/mol. The van der Waals surface area contributed by atoms with Crippen molar-refractivity contribution >= 4 is 17.7 Å². The van der Waals surface area contributed by atoms with E-state index in [0.29, 0.717) is 11.5 Å². The van der Waals surface area contributed by atoms with Gasteiger partial charge in [0.05, 0.1) is 4.92 Å². The Hall–Kier alpha value is -2.17. The zero-order valence-corrected chi connectivity index (χ0v) is 11.3. The van der Waals surface area contributed by atoms with Crippen LogP contribution < -0.4 is 5.32 Å². The van der Waals surface area contributed by atoms with Gasteiger partial charge in [-0.15, -0.1) is 0 Å². The quantitative estimate of drug-likeness (QED) is 0.504. The van der Waals surface area contributed by atoms with E-state index >= 15 is 0 Å². The normalized spacial score (nSPS) is 12.6. The predicted octanol–water partition coefficient (Wildman–Crippen LogP) is 2.77. The predicted molar refractivity (Wildman–Crippen MR) is 74.6 cm³/mol. The molecule has 0 aliphatic heterocycles. The second-order valence-corrected chi connectivity index (χ2v) is 4.73. The van der Waals surface area contributed by atoms with Gasteiger partial charge < -0.3 is 5.32 Å². The number of amides is 1. The third-order valence-corrected chi connectivity index (χ3v) is 2.88. The van der Waals surface area contributed by atoms with Gasteiger partial charge in [0.1, 0.15) is 0 Å². The summed E-state index contributed by atoms with van der Waals surface area (Å²) in [6, 6.07) is 6.23. The first-order valence-corrected chi connectivity index (χ1v) is 6.13. The van der Waals surface area contributed by atoms with E-state index in [1.807, 2.05) is 20.8 Å². The van der Waals surface area contributed by atoms with Crippen molar-refractivity contribution in [3.63, 3.8) is 0 Å². The van der Waals surface area contributed by atoms with E-state index in [-0.39, 0.29) is 17.6 Å². The molecular formula is C14H18N2O3. The summed E-state index contributed by atoms with van der Waals surface area (Å²) in [6.45, 7) is 5.98. The Kier molecular flexibility index (Phi) is 5.23. The van der Waals surface area contributed by atoms with Gasteiger partial charge in [-0.1, -0.05) is 26.0 Å². The molecule has 1 aromatic rings. The number of hydrogen-bond donors (Lipinski definition) is 1. The molecule has 1 N–H and O–H groups in total. The Balaban J connectivity index is 2.68. The molecule has 0 bridgehead atoms. The molecule has 19 heavy (non-hydrogen) atoms. The topological polar surface area (TPSA) is 72.2 Å². The lowest BCUT2D eigenvalue weighted by atomic mass is 10.1. The molecule has 0 spiro atoms. The highest BCUT2D eigenvalue weighted by Gasteiger charge is 2.08. The fraction of sp³-hybridized carbons (Fsp3) is 0.357. The first kappa shape index (κ1) is 14.9. The first-order chi connectivity index (χ1) is 8.90.